The zero-order valence-corrected chi connectivity index (χ0v) is 19.7. The fourth-order valence-corrected chi connectivity index (χ4v) is 3.77. The molecule has 2 N–H and O–H groups in total. The monoisotopic (exact) mass is 470 g/mol. The molecular formula is C24H26N2O6S. The molecule has 1 heterocycles. The topological polar surface area (TPSA) is 95.1 Å². The summed E-state index contributed by atoms with van der Waals surface area (Å²) < 4.78 is 22.1. The molecule has 1 aromatic heterocycles. The summed E-state index contributed by atoms with van der Waals surface area (Å²) in [6.45, 7) is 4.39. The van der Waals surface area contributed by atoms with Gasteiger partial charge < -0.3 is 29.6 Å². The molecule has 0 aliphatic rings. The van der Waals surface area contributed by atoms with Crippen molar-refractivity contribution in [2.45, 2.75) is 13.8 Å². The van der Waals surface area contributed by atoms with E-state index in [0.717, 1.165) is 0 Å². The predicted octanol–water partition coefficient (Wildman–Crippen LogP) is 5.07. The molecule has 33 heavy (non-hydrogen) atoms. The van der Waals surface area contributed by atoms with E-state index in [9.17, 15) is 9.59 Å². The van der Waals surface area contributed by atoms with Crippen LogP contribution in [-0.2, 0) is 0 Å². The average molecular weight is 471 g/mol. The van der Waals surface area contributed by atoms with Crippen molar-refractivity contribution in [3.8, 4) is 23.0 Å². The first kappa shape index (κ1) is 23.9. The molecule has 0 fully saturated rings. The van der Waals surface area contributed by atoms with Gasteiger partial charge in [0.05, 0.1) is 49.2 Å². The van der Waals surface area contributed by atoms with E-state index in [1.54, 1.807) is 42.5 Å². The summed E-state index contributed by atoms with van der Waals surface area (Å²) in [5.41, 5.74) is 1.13. The van der Waals surface area contributed by atoms with E-state index in [-0.39, 0.29) is 5.91 Å². The quantitative estimate of drug-likeness (QED) is 0.430. The maximum atomic E-state index is 13.1. The van der Waals surface area contributed by atoms with E-state index in [2.05, 4.69) is 10.6 Å². The molecule has 3 rings (SSSR count). The van der Waals surface area contributed by atoms with Gasteiger partial charge in [-0.3, -0.25) is 9.59 Å². The highest BCUT2D eigenvalue weighted by molar-refractivity contribution is 7.12. The molecule has 0 aliphatic heterocycles. The zero-order chi connectivity index (χ0) is 23.8. The summed E-state index contributed by atoms with van der Waals surface area (Å²) in [5.74, 6) is 0.879. The second kappa shape index (κ2) is 11.2. The van der Waals surface area contributed by atoms with E-state index < -0.39 is 5.91 Å². The van der Waals surface area contributed by atoms with E-state index in [1.165, 1.54) is 25.6 Å². The number of carbonyl (C=O) groups excluding carboxylic acids is 2. The standard InChI is InChI=1S/C24H26N2O6S/c1-5-31-19-14-17(26-24(28)21-11-8-12-33-21)20(32-6-2)13-16(19)25-23(27)15-9-7-10-18(29-3)22(15)30-4/h7-14H,5-6H2,1-4H3,(H,25,27)(H,26,28). The molecule has 2 amide bonds. The Hall–Kier alpha value is -3.72. The SMILES string of the molecule is CCOc1cc(NC(=O)c2cccc(OC)c2OC)c(OCC)cc1NC(=O)c1cccs1. The van der Waals surface area contributed by atoms with Crippen LogP contribution in [0.15, 0.2) is 47.8 Å². The van der Waals surface area contributed by atoms with Gasteiger partial charge >= 0.3 is 0 Å². The summed E-state index contributed by atoms with van der Waals surface area (Å²) in [4.78, 5) is 26.2. The van der Waals surface area contributed by atoms with Crippen molar-refractivity contribution in [2.24, 2.45) is 0 Å². The summed E-state index contributed by atoms with van der Waals surface area (Å²) in [6, 6.07) is 11.9. The lowest BCUT2D eigenvalue weighted by atomic mass is 10.1. The summed E-state index contributed by atoms with van der Waals surface area (Å²) in [6.07, 6.45) is 0. The first-order valence-electron chi connectivity index (χ1n) is 10.3. The van der Waals surface area contributed by atoms with E-state index in [4.69, 9.17) is 18.9 Å². The number of hydrogen-bond donors (Lipinski definition) is 2. The van der Waals surface area contributed by atoms with Crippen LogP contribution < -0.4 is 29.6 Å². The molecule has 0 unspecified atom stereocenters. The van der Waals surface area contributed by atoms with E-state index in [1.807, 2.05) is 19.2 Å². The minimum absolute atomic E-state index is 0.258. The summed E-state index contributed by atoms with van der Waals surface area (Å²) >= 11 is 1.34. The Labute approximate surface area is 196 Å². The molecule has 3 aromatic rings. The summed E-state index contributed by atoms with van der Waals surface area (Å²) in [5, 5.41) is 7.54. The lowest BCUT2D eigenvalue weighted by molar-refractivity contribution is 0.101. The summed E-state index contributed by atoms with van der Waals surface area (Å²) in [7, 11) is 2.98. The molecule has 9 heteroatoms. The van der Waals surface area contributed by atoms with Gasteiger partial charge in [0.1, 0.15) is 11.5 Å². The number of carbonyl (C=O) groups is 2. The molecule has 2 aromatic carbocycles. The molecule has 8 nitrogen and oxygen atoms in total. The Morgan fingerprint density at radius 1 is 0.818 bits per heavy atom. The number of para-hydroxylation sites is 1. The van der Waals surface area contributed by atoms with Crippen LogP contribution in [-0.4, -0.2) is 39.2 Å². The highest BCUT2D eigenvalue weighted by Crippen LogP contribution is 2.38. The number of amides is 2. The lowest BCUT2D eigenvalue weighted by Gasteiger charge is -2.18. The zero-order valence-electron chi connectivity index (χ0n) is 18.9. The number of methoxy groups -OCH3 is 2. The van der Waals surface area contributed by atoms with Gasteiger partial charge in [-0.1, -0.05) is 12.1 Å². The molecular weight excluding hydrogens is 444 g/mol. The van der Waals surface area contributed by atoms with Crippen LogP contribution in [0.5, 0.6) is 23.0 Å². The van der Waals surface area contributed by atoms with Crippen molar-refractivity contribution >= 4 is 34.5 Å². The van der Waals surface area contributed by atoms with Crippen molar-refractivity contribution in [2.75, 3.05) is 38.1 Å². The van der Waals surface area contributed by atoms with Gasteiger partial charge in [0.15, 0.2) is 11.5 Å². The van der Waals surface area contributed by atoms with Gasteiger partial charge in [-0.05, 0) is 37.4 Å². The highest BCUT2D eigenvalue weighted by Gasteiger charge is 2.21. The van der Waals surface area contributed by atoms with Gasteiger partial charge in [-0.2, -0.15) is 0 Å². The van der Waals surface area contributed by atoms with Crippen LogP contribution >= 0.6 is 11.3 Å². The maximum absolute atomic E-state index is 13.1. The second-order valence-corrected chi connectivity index (χ2v) is 7.58. The second-order valence-electron chi connectivity index (χ2n) is 6.64. The molecule has 0 saturated heterocycles. The molecule has 0 spiro atoms. The lowest BCUT2D eigenvalue weighted by Crippen LogP contribution is -2.16. The minimum atomic E-state index is -0.412. The van der Waals surface area contributed by atoms with E-state index in [0.29, 0.717) is 58.0 Å². The Morgan fingerprint density at radius 2 is 1.45 bits per heavy atom. The highest BCUT2D eigenvalue weighted by atomic mass is 32.1. The van der Waals surface area contributed by atoms with Gasteiger partial charge in [0.25, 0.3) is 11.8 Å². The van der Waals surface area contributed by atoms with Crippen LogP contribution in [0.3, 0.4) is 0 Å². The molecule has 0 atom stereocenters. The van der Waals surface area contributed by atoms with E-state index >= 15 is 0 Å². The number of benzene rings is 2. The third-order valence-electron chi connectivity index (χ3n) is 4.57. The Kier molecular flexibility index (Phi) is 8.15. The fourth-order valence-electron chi connectivity index (χ4n) is 3.15. The third kappa shape index (κ3) is 5.56. The van der Waals surface area contributed by atoms with Gasteiger partial charge in [-0.25, -0.2) is 0 Å². The Bertz CT molecular complexity index is 1110. The van der Waals surface area contributed by atoms with Gasteiger partial charge in [0, 0.05) is 12.1 Å². The number of hydrogen-bond acceptors (Lipinski definition) is 7. The molecule has 0 bridgehead atoms. The molecule has 0 radical (unpaired) electrons. The molecule has 0 aliphatic carbocycles. The van der Waals surface area contributed by atoms with Gasteiger partial charge in [0.2, 0.25) is 0 Å². The maximum Gasteiger partial charge on any atom is 0.265 e. The van der Waals surface area contributed by atoms with Crippen LogP contribution in [0.25, 0.3) is 0 Å². The smallest absolute Gasteiger partial charge is 0.265 e. The third-order valence-corrected chi connectivity index (χ3v) is 5.44. The van der Waals surface area contributed by atoms with Crippen molar-refractivity contribution < 1.29 is 28.5 Å². The molecule has 0 saturated carbocycles. The minimum Gasteiger partial charge on any atom is -0.493 e. The fraction of sp³-hybridized carbons (Fsp3) is 0.250. The Morgan fingerprint density at radius 3 is 1.97 bits per heavy atom. The normalized spacial score (nSPS) is 10.3. The first-order chi connectivity index (χ1) is 16.0. The largest absolute Gasteiger partial charge is 0.493 e. The van der Waals surface area contributed by atoms with Crippen molar-refractivity contribution in [1.82, 2.24) is 0 Å². The molecule has 174 valence electrons. The average Bonchev–Trinajstić information content (AvgIpc) is 3.36. The van der Waals surface area contributed by atoms with Crippen molar-refractivity contribution in [1.29, 1.82) is 0 Å². The number of ether oxygens (including phenoxy) is 4. The first-order valence-corrected chi connectivity index (χ1v) is 11.2. The Balaban J connectivity index is 1.96. The van der Waals surface area contributed by atoms with Crippen molar-refractivity contribution in [3.63, 3.8) is 0 Å². The number of rotatable bonds is 10. The number of nitrogens with one attached hydrogen (secondary N) is 2. The van der Waals surface area contributed by atoms with Crippen LogP contribution in [0, 0.1) is 0 Å². The number of anilines is 2. The van der Waals surface area contributed by atoms with Crippen LogP contribution in [0.2, 0.25) is 0 Å². The van der Waals surface area contributed by atoms with Crippen LogP contribution in [0.4, 0.5) is 11.4 Å². The van der Waals surface area contributed by atoms with Gasteiger partial charge in [-0.15, -0.1) is 11.3 Å². The number of thiophene rings is 1. The predicted molar refractivity (Wildman–Crippen MR) is 129 cm³/mol. The van der Waals surface area contributed by atoms with Crippen molar-refractivity contribution in [3.05, 3.63) is 58.3 Å². The van der Waals surface area contributed by atoms with Crippen LogP contribution in [0.1, 0.15) is 33.9 Å².